The van der Waals surface area contributed by atoms with E-state index in [0.717, 1.165) is 5.69 Å². The molecule has 0 bridgehead atoms. The molecular formula is C27H26FN5O4S. The molecule has 1 saturated heterocycles. The van der Waals surface area contributed by atoms with Crippen LogP contribution in [0, 0.1) is 12.7 Å². The van der Waals surface area contributed by atoms with Gasteiger partial charge in [0.15, 0.2) is 0 Å². The number of nitrogens with one attached hydrogen (secondary N) is 1. The highest BCUT2D eigenvalue weighted by atomic mass is 32.1. The first kappa shape index (κ1) is 25.4. The Balaban J connectivity index is 1.31. The smallest absolute Gasteiger partial charge is 0.264 e. The van der Waals surface area contributed by atoms with Crippen LogP contribution >= 0.6 is 11.3 Å². The van der Waals surface area contributed by atoms with Crippen LogP contribution in [0.5, 0.6) is 5.75 Å². The Morgan fingerprint density at radius 3 is 2.50 bits per heavy atom. The minimum absolute atomic E-state index is 0.149. The van der Waals surface area contributed by atoms with Gasteiger partial charge in [0.25, 0.3) is 11.5 Å². The molecule has 1 aliphatic rings. The van der Waals surface area contributed by atoms with E-state index >= 15 is 0 Å². The van der Waals surface area contributed by atoms with Crippen molar-refractivity contribution in [2.75, 3.05) is 43.5 Å². The summed E-state index contributed by atoms with van der Waals surface area (Å²) in [5.74, 6) is -0.324. The molecule has 0 aliphatic carbocycles. The van der Waals surface area contributed by atoms with Crippen LogP contribution in [-0.2, 0) is 11.3 Å². The van der Waals surface area contributed by atoms with E-state index in [2.05, 4.69) is 15.2 Å². The molecule has 196 valence electrons. The van der Waals surface area contributed by atoms with E-state index in [1.165, 1.54) is 41.5 Å². The number of aromatic nitrogens is 2. The minimum Gasteiger partial charge on any atom is -0.495 e. The standard InChI is InChI=1S/C27H26FN5O4S/c1-17-23-25(29-16-33(26(23)35)15-22(34)30-20-5-3-4-6-21(20)37-2)38-24(17)27(36)32-13-11-31(12-14-32)19-9-7-18(28)8-10-19/h3-10,16H,11-15H2,1-2H3,(H,30,34). The summed E-state index contributed by atoms with van der Waals surface area (Å²) in [6.45, 7) is 3.75. The number of methoxy groups -OCH3 is 1. The van der Waals surface area contributed by atoms with Crippen LogP contribution in [0.3, 0.4) is 0 Å². The topological polar surface area (TPSA) is 96.8 Å². The summed E-state index contributed by atoms with van der Waals surface area (Å²) in [5.41, 5.74) is 1.60. The number of hydrogen-bond donors (Lipinski definition) is 1. The fraction of sp³-hybridized carbons (Fsp3) is 0.259. The highest BCUT2D eigenvalue weighted by molar-refractivity contribution is 7.20. The molecule has 11 heteroatoms. The average molecular weight is 536 g/mol. The lowest BCUT2D eigenvalue weighted by atomic mass is 10.2. The first-order valence-electron chi connectivity index (χ1n) is 12.1. The molecule has 1 fully saturated rings. The van der Waals surface area contributed by atoms with Crippen LogP contribution in [-0.4, -0.2) is 59.6 Å². The van der Waals surface area contributed by atoms with Gasteiger partial charge in [0.05, 0.1) is 29.4 Å². The third-order valence-electron chi connectivity index (χ3n) is 6.57. The van der Waals surface area contributed by atoms with Crippen LogP contribution in [0.4, 0.5) is 15.8 Å². The monoisotopic (exact) mass is 535 g/mol. The molecule has 0 atom stereocenters. The fourth-order valence-corrected chi connectivity index (χ4v) is 5.64. The number of piperazine rings is 1. The number of rotatable bonds is 6. The molecule has 9 nitrogen and oxygen atoms in total. The highest BCUT2D eigenvalue weighted by Crippen LogP contribution is 2.29. The highest BCUT2D eigenvalue weighted by Gasteiger charge is 2.27. The number of fused-ring (bicyclic) bond motifs is 1. The summed E-state index contributed by atoms with van der Waals surface area (Å²) < 4.78 is 19.7. The van der Waals surface area contributed by atoms with Crippen LogP contribution < -0.4 is 20.5 Å². The van der Waals surface area contributed by atoms with E-state index in [1.54, 1.807) is 48.2 Å². The van der Waals surface area contributed by atoms with Crippen molar-refractivity contribution < 1.29 is 18.7 Å². The van der Waals surface area contributed by atoms with Crippen molar-refractivity contribution in [2.24, 2.45) is 0 Å². The van der Waals surface area contributed by atoms with Gasteiger partial charge in [-0.25, -0.2) is 9.37 Å². The van der Waals surface area contributed by atoms with Gasteiger partial charge in [-0.2, -0.15) is 0 Å². The molecule has 2 aromatic heterocycles. The fourth-order valence-electron chi connectivity index (χ4n) is 4.53. The predicted octanol–water partition coefficient (Wildman–Crippen LogP) is 3.52. The lowest BCUT2D eigenvalue weighted by molar-refractivity contribution is -0.116. The van der Waals surface area contributed by atoms with Gasteiger partial charge in [0.2, 0.25) is 5.91 Å². The lowest BCUT2D eigenvalue weighted by Gasteiger charge is -2.36. The summed E-state index contributed by atoms with van der Waals surface area (Å²) in [6, 6.07) is 13.3. The van der Waals surface area contributed by atoms with E-state index in [9.17, 15) is 18.8 Å². The van der Waals surface area contributed by atoms with Gasteiger partial charge in [-0.3, -0.25) is 19.0 Å². The number of hydrogen-bond acceptors (Lipinski definition) is 7. The molecule has 0 radical (unpaired) electrons. The van der Waals surface area contributed by atoms with Crippen molar-refractivity contribution >= 4 is 44.7 Å². The zero-order valence-corrected chi connectivity index (χ0v) is 21.8. The summed E-state index contributed by atoms with van der Waals surface area (Å²) in [4.78, 5) is 48.5. The maximum Gasteiger partial charge on any atom is 0.264 e. The molecule has 38 heavy (non-hydrogen) atoms. The maximum absolute atomic E-state index is 13.4. The quantitative estimate of drug-likeness (QED) is 0.406. The van der Waals surface area contributed by atoms with Crippen molar-refractivity contribution in [3.05, 3.63) is 81.5 Å². The third kappa shape index (κ3) is 4.97. The first-order chi connectivity index (χ1) is 18.4. The maximum atomic E-state index is 13.4. The Kier molecular flexibility index (Phi) is 7.10. The molecule has 3 heterocycles. The number of anilines is 2. The number of carbonyl (C=O) groups excluding carboxylic acids is 2. The summed E-state index contributed by atoms with van der Waals surface area (Å²) in [6.07, 6.45) is 1.33. The second-order valence-corrected chi connectivity index (χ2v) is 9.92. The van der Waals surface area contributed by atoms with Crippen molar-refractivity contribution in [1.82, 2.24) is 14.5 Å². The molecule has 0 spiro atoms. The molecular weight excluding hydrogens is 509 g/mol. The summed E-state index contributed by atoms with van der Waals surface area (Å²) in [5, 5.41) is 3.10. The Bertz CT molecular complexity index is 1560. The number of benzene rings is 2. The van der Waals surface area contributed by atoms with Gasteiger partial charge in [0, 0.05) is 31.9 Å². The Labute approximate surface area is 222 Å². The molecule has 4 aromatic rings. The van der Waals surface area contributed by atoms with E-state index < -0.39 is 5.91 Å². The van der Waals surface area contributed by atoms with Crippen LogP contribution in [0.2, 0.25) is 0 Å². The second-order valence-electron chi connectivity index (χ2n) is 8.92. The number of ether oxygens (including phenoxy) is 1. The van der Waals surface area contributed by atoms with E-state index in [-0.39, 0.29) is 23.8 Å². The van der Waals surface area contributed by atoms with E-state index in [0.29, 0.717) is 58.3 Å². The van der Waals surface area contributed by atoms with Crippen LogP contribution in [0.1, 0.15) is 15.2 Å². The first-order valence-corrected chi connectivity index (χ1v) is 12.9. The molecule has 2 amide bonds. The third-order valence-corrected chi connectivity index (χ3v) is 7.75. The number of halogens is 1. The minimum atomic E-state index is -0.402. The second kappa shape index (κ2) is 10.6. The van der Waals surface area contributed by atoms with Crippen LogP contribution in [0.25, 0.3) is 10.2 Å². The number of aryl methyl sites for hydroxylation is 1. The Hall–Kier alpha value is -4.25. The van der Waals surface area contributed by atoms with Crippen LogP contribution in [0.15, 0.2) is 59.7 Å². The number of nitrogens with zero attached hydrogens (tertiary/aromatic N) is 4. The number of thiophene rings is 1. The SMILES string of the molecule is COc1ccccc1NC(=O)Cn1cnc2sc(C(=O)N3CCN(c4ccc(F)cc4)CC3)c(C)c2c1=O. The zero-order valence-electron chi connectivity index (χ0n) is 20.9. The van der Waals surface area contributed by atoms with E-state index in [4.69, 9.17) is 4.74 Å². The van der Waals surface area contributed by atoms with Gasteiger partial charge < -0.3 is 19.9 Å². The van der Waals surface area contributed by atoms with Crippen molar-refractivity contribution in [3.8, 4) is 5.75 Å². The van der Waals surface area contributed by atoms with Crippen molar-refractivity contribution in [1.29, 1.82) is 0 Å². The van der Waals surface area contributed by atoms with Crippen molar-refractivity contribution in [2.45, 2.75) is 13.5 Å². The molecule has 0 unspecified atom stereocenters. The van der Waals surface area contributed by atoms with Gasteiger partial charge in [0.1, 0.15) is 22.9 Å². The lowest BCUT2D eigenvalue weighted by Crippen LogP contribution is -2.48. The molecule has 0 saturated carbocycles. The molecule has 5 rings (SSSR count). The van der Waals surface area contributed by atoms with Gasteiger partial charge in [-0.05, 0) is 48.9 Å². The average Bonchev–Trinajstić information content (AvgIpc) is 3.27. The van der Waals surface area contributed by atoms with Gasteiger partial charge >= 0.3 is 0 Å². The number of carbonyl (C=O) groups is 2. The molecule has 2 aromatic carbocycles. The molecule has 1 N–H and O–H groups in total. The zero-order chi connectivity index (χ0) is 26.8. The predicted molar refractivity (Wildman–Crippen MR) is 145 cm³/mol. The van der Waals surface area contributed by atoms with Gasteiger partial charge in [-0.1, -0.05) is 12.1 Å². The number of amides is 2. The normalized spacial score (nSPS) is 13.6. The van der Waals surface area contributed by atoms with Crippen molar-refractivity contribution in [3.63, 3.8) is 0 Å². The van der Waals surface area contributed by atoms with Gasteiger partial charge in [-0.15, -0.1) is 11.3 Å². The molecule has 1 aliphatic heterocycles. The summed E-state index contributed by atoms with van der Waals surface area (Å²) in [7, 11) is 1.51. The van der Waals surface area contributed by atoms with E-state index in [1.807, 2.05) is 0 Å². The Morgan fingerprint density at radius 2 is 1.79 bits per heavy atom. The number of para-hydroxylation sites is 2. The summed E-state index contributed by atoms with van der Waals surface area (Å²) >= 11 is 1.19. The Morgan fingerprint density at radius 1 is 1.08 bits per heavy atom. The largest absolute Gasteiger partial charge is 0.495 e.